The number of hydrogen-bond donors (Lipinski definition) is 1. The van der Waals surface area contributed by atoms with Crippen LogP contribution in [0.5, 0.6) is 0 Å². The highest BCUT2D eigenvalue weighted by Gasteiger charge is 2.24. The van der Waals surface area contributed by atoms with E-state index in [0.717, 1.165) is 29.5 Å². The third-order valence-electron chi connectivity index (χ3n) is 4.12. The minimum absolute atomic E-state index is 0.277. The summed E-state index contributed by atoms with van der Waals surface area (Å²) in [5, 5.41) is 0.863. The zero-order valence-corrected chi connectivity index (χ0v) is 14.2. The molecule has 2 aromatic heterocycles. The Morgan fingerprint density at radius 3 is 2.83 bits per heavy atom. The predicted molar refractivity (Wildman–Crippen MR) is 91.4 cm³/mol. The molecule has 0 saturated heterocycles. The molecule has 1 aliphatic rings. The fourth-order valence-corrected chi connectivity index (χ4v) is 5.54. The number of nitrogens with one attached hydrogen (secondary N) is 1. The van der Waals surface area contributed by atoms with Gasteiger partial charge in [0.1, 0.15) is 11.2 Å². The van der Waals surface area contributed by atoms with E-state index in [1.165, 1.54) is 16.8 Å². The summed E-state index contributed by atoms with van der Waals surface area (Å²) in [5.74, 6) is 0.387. The molecule has 2 heterocycles. The van der Waals surface area contributed by atoms with Crippen molar-refractivity contribution in [1.29, 1.82) is 0 Å². The number of sulfonamides is 1. The molecule has 5 nitrogen and oxygen atoms in total. The topological polar surface area (TPSA) is 72.0 Å². The maximum atomic E-state index is 12.7. The van der Waals surface area contributed by atoms with Crippen LogP contribution in [0, 0.1) is 6.92 Å². The van der Waals surface area contributed by atoms with E-state index in [1.54, 1.807) is 36.5 Å². The number of benzene rings is 1. The largest absolute Gasteiger partial charge is 0.263 e. The average molecular weight is 345 g/mol. The van der Waals surface area contributed by atoms with Gasteiger partial charge in [-0.25, -0.2) is 18.4 Å². The van der Waals surface area contributed by atoms with Gasteiger partial charge in [-0.05, 0) is 43.4 Å². The normalized spacial score (nSPS) is 14.1. The number of rotatable bonds is 3. The summed E-state index contributed by atoms with van der Waals surface area (Å²) in [5.41, 5.74) is 1.91. The molecule has 0 atom stereocenters. The van der Waals surface area contributed by atoms with Gasteiger partial charge >= 0.3 is 0 Å². The molecule has 3 aromatic rings. The Morgan fingerprint density at radius 1 is 1.17 bits per heavy atom. The molecule has 4 rings (SSSR count). The number of nitrogens with zero attached hydrogens (tertiary/aromatic N) is 2. The van der Waals surface area contributed by atoms with Crippen LogP contribution in [0.1, 0.15) is 22.4 Å². The van der Waals surface area contributed by atoms with Crippen LogP contribution in [-0.4, -0.2) is 18.4 Å². The third-order valence-corrected chi connectivity index (χ3v) is 6.81. The standard InChI is InChI=1S/C16H15N3O2S2/c1-10-5-2-3-8-13(10)23(20,21)19-15-14-11-6-4-7-12(11)22-16(14)18-9-17-15/h2-3,5,8-9H,4,6-7H2,1H3,(H,17,18,19). The van der Waals surface area contributed by atoms with Crippen molar-refractivity contribution in [3.8, 4) is 0 Å². The first-order valence-corrected chi connectivity index (χ1v) is 9.70. The van der Waals surface area contributed by atoms with E-state index in [4.69, 9.17) is 0 Å². The van der Waals surface area contributed by atoms with Crippen molar-refractivity contribution in [1.82, 2.24) is 9.97 Å². The molecule has 0 bridgehead atoms. The Hall–Kier alpha value is -1.99. The van der Waals surface area contributed by atoms with Crippen LogP contribution in [0.25, 0.3) is 10.2 Å². The van der Waals surface area contributed by atoms with Gasteiger partial charge in [-0.1, -0.05) is 18.2 Å². The van der Waals surface area contributed by atoms with Gasteiger partial charge in [0.05, 0.1) is 10.3 Å². The van der Waals surface area contributed by atoms with Gasteiger partial charge < -0.3 is 0 Å². The van der Waals surface area contributed by atoms with E-state index in [0.29, 0.717) is 11.4 Å². The third kappa shape index (κ3) is 2.40. The molecule has 0 unspecified atom stereocenters. The van der Waals surface area contributed by atoms with Crippen molar-refractivity contribution >= 4 is 37.4 Å². The number of aryl methyl sites for hydroxylation is 3. The lowest BCUT2D eigenvalue weighted by Gasteiger charge is -2.10. The average Bonchev–Trinajstić information content (AvgIpc) is 3.07. The van der Waals surface area contributed by atoms with Crippen molar-refractivity contribution in [2.45, 2.75) is 31.1 Å². The van der Waals surface area contributed by atoms with Gasteiger partial charge in [-0.15, -0.1) is 11.3 Å². The molecule has 23 heavy (non-hydrogen) atoms. The number of thiophene rings is 1. The maximum absolute atomic E-state index is 12.7. The zero-order valence-electron chi connectivity index (χ0n) is 12.5. The fraction of sp³-hybridized carbons (Fsp3) is 0.250. The number of aromatic nitrogens is 2. The van der Waals surface area contributed by atoms with E-state index in [-0.39, 0.29) is 4.90 Å². The summed E-state index contributed by atoms with van der Waals surface area (Å²) in [6.45, 7) is 1.78. The zero-order chi connectivity index (χ0) is 16.0. The monoisotopic (exact) mass is 345 g/mol. The van der Waals surface area contributed by atoms with E-state index in [2.05, 4.69) is 14.7 Å². The second kappa shape index (κ2) is 5.28. The molecular weight excluding hydrogens is 330 g/mol. The molecule has 118 valence electrons. The van der Waals surface area contributed by atoms with Crippen LogP contribution in [0.4, 0.5) is 5.82 Å². The first kappa shape index (κ1) is 14.6. The Labute approximate surface area is 138 Å². The number of hydrogen-bond acceptors (Lipinski definition) is 5. The van der Waals surface area contributed by atoms with Crippen molar-refractivity contribution in [3.05, 3.63) is 46.6 Å². The highest BCUT2D eigenvalue weighted by atomic mass is 32.2. The SMILES string of the molecule is Cc1ccccc1S(=O)(=O)Nc1ncnc2sc3c(c12)CCC3. The van der Waals surface area contributed by atoms with Gasteiger partial charge in [-0.2, -0.15) is 0 Å². The minimum Gasteiger partial charge on any atom is -0.263 e. The maximum Gasteiger partial charge on any atom is 0.263 e. The van der Waals surface area contributed by atoms with Crippen molar-refractivity contribution in [2.24, 2.45) is 0 Å². The van der Waals surface area contributed by atoms with Crippen LogP contribution in [0.2, 0.25) is 0 Å². The lowest BCUT2D eigenvalue weighted by Crippen LogP contribution is -2.15. The Bertz CT molecular complexity index is 1010. The predicted octanol–water partition coefficient (Wildman–Crippen LogP) is 3.29. The summed E-state index contributed by atoms with van der Waals surface area (Å²) >= 11 is 1.64. The van der Waals surface area contributed by atoms with Crippen LogP contribution < -0.4 is 4.72 Å². The smallest absolute Gasteiger partial charge is 0.263 e. The first-order chi connectivity index (χ1) is 11.1. The van der Waals surface area contributed by atoms with Crippen LogP contribution in [-0.2, 0) is 22.9 Å². The first-order valence-electron chi connectivity index (χ1n) is 7.40. The Kier molecular flexibility index (Phi) is 3.35. The molecule has 0 aliphatic heterocycles. The summed E-state index contributed by atoms with van der Waals surface area (Å²) in [7, 11) is -3.67. The second-order valence-corrected chi connectivity index (χ2v) is 8.37. The highest BCUT2D eigenvalue weighted by Crippen LogP contribution is 2.39. The van der Waals surface area contributed by atoms with E-state index in [1.807, 2.05) is 6.07 Å². The summed E-state index contributed by atoms with van der Waals surface area (Å²) < 4.78 is 28.1. The lowest BCUT2D eigenvalue weighted by atomic mass is 10.2. The number of fused-ring (bicyclic) bond motifs is 3. The molecule has 7 heteroatoms. The summed E-state index contributed by atoms with van der Waals surface area (Å²) in [6, 6.07) is 6.93. The molecule has 1 aliphatic carbocycles. The van der Waals surface area contributed by atoms with Gasteiger partial charge in [0.15, 0.2) is 5.82 Å². The minimum atomic E-state index is -3.67. The van der Waals surface area contributed by atoms with Gasteiger partial charge in [0, 0.05) is 4.88 Å². The molecule has 1 aromatic carbocycles. The van der Waals surface area contributed by atoms with Gasteiger partial charge in [0.25, 0.3) is 10.0 Å². The molecule has 0 radical (unpaired) electrons. The van der Waals surface area contributed by atoms with Crippen molar-refractivity contribution in [3.63, 3.8) is 0 Å². The molecule has 0 fully saturated rings. The molecule has 0 amide bonds. The van der Waals surface area contributed by atoms with Crippen molar-refractivity contribution < 1.29 is 8.42 Å². The molecule has 0 saturated carbocycles. The lowest BCUT2D eigenvalue weighted by molar-refractivity contribution is 0.600. The van der Waals surface area contributed by atoms with E-state index in [9.17, 15) is 8.42 Å². The summed E-state index contributed by atoms with van der Waals surface area (Å²) in [6.07, 6.45) is 4.53. The van der Waals surface area contributed by atoms with Gasteiger partial charge in [0.2, 0.25) is 0 Å². The van der Waals surface area contributed by atoms with Gasteiger partial charge in [-0.3, -0.25) is 4.72 Å². The van der Waals surface area contributed by atoms with Crippen LogP contribution in [0.15, 0.2) is 35.5 Å². The highest BCUT2D eigenvalue weighted by molar-refractivity contribution is 7.92. The van der Waals surface area contributed by atoms with Crippen LogP contribution in [0.3, 0.4) is 0 Å². The van der Waals surface area contributed by atoms with E-state index < -0.39 is 10.0 Å². The Morgan fingerprint density at radius 2 is 2.00 bits per heavy atom. The second-order valence-electron chi connectivity index (χ2n) is 5.63. The van der Waals surface area contributed by atoms with E-state index >= 15 is 0 Å². The number of anilines is 1. The quantitative estimate of drug-likeness (QED) is 0.791. The van der Waals surface area contributed by atoms with Crippen molar-refractivity contribution in [2.75, 3.05) is 4.72 Å². The summed E-state index contributed by atoms with van der Waals surface area (Å²) in [4.78, 5) is 10.9. The molecular formula is C16H15N3O2S2. The van der Waals surface area contributed by atoms with Crippen LogP contribution >= 0.6 is 11.3 Å². The fourth-order valence-electron chi connectivity index (χ4n) is 3.05. The molecule has 0 spiro atoms. The molecule has 1 N–H and O–H groups in total. The Balaban J connectivity index is 1.83.